The van der Waals surface area contributed by atoms with Crippen LogP contribution in [-0.4, -0.2) is 22.6 Å². The molecule has 112 valence electrons. The van der Waals surface area contributed by atoms with Gasteiger partial charge in [0.05, 0.1) is 6.10 Å². The summed E-state index contributed by atoms with van der Waals surface area (Å²) in [7, 11) is 0. The minimum atomic E-state index is -0.410. The number of benzene rings is 1. The molecule has 1 aromatic carbocycles. The number of thiophene rings is 1. The minimum absolute atomic E-state index is 0.410. The zero-order valence-corrected chi connectivity index (χ0v) is 13.5. The first kappa shape index (κ1) is 15.0. The summed E-state index contributed by atoms with van der Waals surface area (Å²) in [6.07, 6.45) is 2.95. The third-order valence-corrected chi connectivity index (χ3v) is 5.06. The number of rotatable bonds is 7. The highest BCUT2D eigenvalue weighted by Gasteiger charge is 2.29. The quantitative estimate of drug-likeness (QED) is 0.812. The molecule has 3 rings (SSSR count). The van der Waals surface area contributed by atoms with E-state index in [2.05, 4.69) is 22.4 Å². The molecule has 0 radical (unpaired) electrons. The van der Waals surface area contributed by atoms with Gasteiger partial charge in [0, 0.05) is 29.0 Å². The van der Waals surface area contributed by atoms with Crippen molar-refractivity contribution < 1.29 is 5.11 Å². The Labute approximate surface area is 135 Å². The van der Waals surface area contributed by atoms with E-state index in [9.17, 15) is 5.11 Å². The van der Waals surface area contributed by atoms with Crippen LogP contribution in [0.2, 0.25) is 5.02 Å². The lowest BCUT2D eigenvalue weighted by atomic mass is 10.1. The molecule has 4 heteroatoms. The first-order valence-electron chi connectivity index (χ1n) is 7.42. The minimum Gasteiger partial charge on any atom is -0.388 e. The second kappa shape index (κ2) is 6.93. The average Bonchev–Trinajstić information content (AvgIpc) is 3.21. The Morgan fingerprint density at radius 3 is 2.62 bits per heavy atom. The van der Waals surface area contributed by atoms with Crippen LogP contribution >= 0.6 is 22.9 Å². The van der Waals surface area contributed by atoms with Crippen molar-refractivity contribution >= 4 is 22.9 Å². The molecule has 0 spiro atoms. The number of halogens is 1. The van der Waals surface area contributed by atoms with E-state index in [1.165, 1.54) is 17.7 Å². The second-order valence-corrected chi connectivity index (χ2v) is 7.11. The van der Waals surface area contributed by atoms with Crippen LogP contribution in [-0.2, 0) is 6.54 Å². The highest BCUT2D eigenvalue weighted by molar-refractivity contribution is 7.09. The normalized spacial score (nSPS) is 16.3. The van der Waals surface area contributed by atoms with E-state index in [1.807, 2.05) is 35.6 Å². The Balaban J connectivity index is 1.55. The molecule has 1 aromatic heterocycles. The largest absolute Gasteiger partial charge is 0.388 e. The van der Waals surface area contributed by atoms with E-state index in [0.29, 0.717) is 11.1 Å². The summed E-state index contributed by atoms with van der Waals surface area (Å²) in [5.41, 5.74) is 0.950. The molecule has 21 heavy (non-hydrogen) atoms. The van der Waals surface area contributed by atoms with E-state index in [1.54, 1.807) is 0 Å². The van der Waals surface area contributed by atoms with Crippen molar-refractivity contribution in [3.05, 3.63) is 57.2 Å². The van der Waals surface area contributed by atoms with Gasteiger partial charge in [0.2, 0.25) is 0 Å². The lowest BCUT2D eigenvalue weighted by molar-refractivity contribution is 0.137. The lowest BCUT2D eigenvalue weighted by Crippen LogP contribution is -2.27. The summed E-state index contributed by atoms with van der Waals surface area (Å²) in [6.45, 7) is 1.95. The van der Waals surface area contributed by atoms with Crippen LogP contribution in [0.1, 0.15) is 35.8 Å². The molecule has 2 aromatic rings. The van der Waals surface area contributed by atoms with Gasteiger partial charge in [-0.25, -0.2) is 0 Å². The van der Waals surface area contributed by atoms with E-state index < -0.39 is 6.10 Å². The monoisotopic (exact) mass is 321 g/mol. The number of aliphatic hydroxyl groups is 1. The first-order chi connectivity index (χ1) is 10.2. The van der Waals surface area contributed by atoms with Gasteiger partial charge in [-0.15, -0.1) is 11.3 Å². The van der Waals surface area contributed by atoms with Crippen molar-refractivity contribution in [3.63, 3.8) is 0 Å². The van der Waals surface area contributed by atoms with E-state index >= 15 is 0 Å². The van der Waals surface area contributed by atoms with Crippen molar-refractivity contribution in [1.29, 1.82) is 0 Å². The number of aliphatic hydroxyl groups excluding tert-OH is 1. The Hall–Kier alpha value is -0.870. The van der Waals surface area contributed by atoms with Crippen LogP contribution in [0.5, 0.6) is 0 Å². The maximum Gasteiger partial charge on any atom is 0.0802 e. The third-order valence-electron chi connectivity index (χ3n) is 3.95. The molecule has 1 saturated carbocycles. The van der Waals surface area contributed by atoms with Gasteiger partial charge in [0.1, 0.15) is 0 Å². The van der Waals surface area contributed by atoms with E-state index in [4.69, 9.17) is 11.6 Å². The molecule has 1 heterocycles. The van der Waals surface area contributed by atoms with Gasteiger partial charge in [0.25, 0.3) is 0 Å². The molecule has 0 saturated heterocycles. The molecule has 0 aliphatic heterocycles. The number of nitrogens with zero attached hydrogens (tertiary/aromatic N) is 1. The van der Waals surface area contributed by atoms with E-state index in [-0.39, 0.29) is 0 Å². The van der Waals surface area contributed by atoms with Crippen molar-refractivity contribution in [3.8, 4) is 0 Å². The third kappa shape index (κ3) is 4.30. The molecular formula is C17H20ClNOS. The Bertz CT molecular complexity index is 551. The van der Waals surface area contributed by atoms with Gasteiger partial charge >= 0.3 is 0 Å². The fraction of sp³-hybridized carbons (Fsp3) is 0.412. The molecular weight excluding hydrogens is 302 g/mol. The van der Waals surface area contributed by atoms with Crippen LogP contribution in [0.3, 0.4) is 0 Å². The SMILES string of the molecule is OC(CCN(Cc1cccs1)C1CC1)c1ccc(Cl)cc1. The van der Waals surface area contributed by atoms with Gasteiger partial charge in [0.15, 0.2) is 0 Å². The van der Waals surface area contributed by atoms with Crippen LogP contribution in [0.15, 0.2) is 41.8 Å². The van der Waals surface area contributed by atoms with Crippen molar-refractivity contribution in [1.82, 2.24) is 4.90 Å². The summed E-state index contributed by atoms with van der Waals surface area (Å²) in [6, 6.07) is 12.5. The van der Waals surface area contributed by atoms with Gasteiger partial charge in [-0.1, -0.05) is 29.8 Å². The molecule has 1 aliphatic carbocycles. The topological polar surface area (TPSA) is 23.5 Å². The zero-order valence-electron chi connectivity index (χ0n) is 11.9. The molecule has 1 fully saturated rings. The zero-order chi connectivity index (χ0) is 14.7. The van der Waals surface area contributed by atoms with Gasteiger partial charge in [-0.3, -0.25) is 4.90 Å². The molecule has 0 amide bonds. The van der Waals surface area contributed by atoms with Crippen molar-refractivity contribution in [2.24, 2.45) is 0 Å². The Morgan fingerprint density at radius 1 is 1.24 bits per heavy atom. The van der Waals surface area contributed by atoms with Crippen LogP contribution in [0, 0.1) is 0 Å². The fourth-order valence-electron chi connectivity index (χ4n) is 2.57. The Kier molecular flexibility index (Phi) is 4.96. The number of hydrogen-bond acceptors (Lipinski definition) is 3. The average molecular weight is 322 g/mol. The van der Waals surface area contributed by atoms with Crippen molar-refractivity contribution in [2.45, 2.75) is 38.0 Å². The molecule has 1 atom stereocenters. The van der Waals surface area contributed by atoms with Crippen LogP contribution < -0.4 is 0 Å². The summed E-state index contributed by atoms with van der Waals surface area (Å²) in [5.74, 6) is 0. The highest BCUT2D eigenvalue weighted by atomic mass is 35.5. The summed E-state index contributed by atoms with van der Waals surface area (Å²) < 4.78 is 0. The maximum atomic E-state index is 10.3. The second-order valence-electron chi connectivity index (χ2n) is 5.64. The Morgan fingerprint density at radius 2 is 2.00 bits per heavy atom. The summed E-state index contributed by atoms with van der Waals surface area (Å²) in [4.78, 5) is 3.91. The number of hydrogen-bond donors (Lipinski definition) is 1. The highest BCUT2D eigenvalue weighted by Crippen LogP contribution is 2.30. The molecule has 0 bridgehead atoms. The van der Waals surface area contributed by atoms with Gasteiger partial charge in [-0.05, 0) is 48.4 Å². The summed E-state index contributed by atoms with van der Waals surface area (Å²) >= 11 is 7.69. The molecule has 2 nitrogen and oxygen atoms in total. The molecule has 1 N–H and O–H groups in total. The van der Waals surface area contributed by atoms with Crippen LogP contribution in [0.4, 0.5) is 0 Å². The standard InChI is InChI=1S/C17H20ClNOS/c18-14-5-3-13(4-6-14)17(20)9-10-19(15-7-8-15)12-16-2-1-11-21-16/h1-6,11,15,17,20H,7-10,12H2. The van der Waals surface area contributed by atoms with Crippen LogP contribution in [0.25, 0.3) is 0 Å². The predicted octanol–water partition coefficient (Wildman–Crippen LogP) is 4.49. The van der Waals surface area contributed by atoms with Gasteiger partial charge < -0.3 is 5.11 Å². The predicted molar refractivity (Wildman–Crippen MR) is 88.8 cm³/mol. The summed E-state index contributed by atoms with van der Waals surface area (Å²) in [5, 5.41) is 13.2. The molecule has 1 aliphatic rings. The van der Waals surface area contributed by atoms with Gasteiger partial charge in [-0.2, -0.15) is 0 Å². The lowest BCUT2D eigenvalue weighted by Gasteiger charge is -2.23. The van der Waals surface area contributed by atoms with Crippen molar-refractivity contribution in [2.75, 3.05) is 6.54 Å². The smallest absolute Gasteiger partial charge is 0.0802 e. The maximum absolute atomic E-state index is 10.3. The first-order valence-corrected chi connectivity index (χ1v) is 8.68. The fourth-order valence-corrected chi connectivity index (χ4v) is 3.43. The molecule has 1 unspecified atom stereocenters. The van der Waals surface area contributed by atoms with E-state index in [0.717, 1.165) is 25.1 Å².